The molecule has 1 saturated heterocycles. The van der Waals surface area contributed by atoms with Gasteiger partial charge in [-0.15, -0.1) is 24.8 Å². The highest BCUT2D eigenvalue weighted by molar-refractivity contribution is 5.85. The minimum atomic E-state index is -0.109. The number of carbonyl (C=O) groups excluding carboxylic acids is 1. The van der Waals surface area contributed by atoms with Gasteiger partial charge in [-0.2, -0.15) is 0 Å². The number of amides is 1. The summed E-state index contributed by atoms with van der Waals surface area (Å²) in [7, 11) is 0. The second kappa shape index (κ2) is 10.9. The third-order valence-electron chi connectivity index (χ3n) is 4.68. The lowest BCUT2D eigenvalue weighted by Crippen LogP contribution is -2.55. The lowest BCUT2D eigenvalue weighted by Gasteiger charge is -2.42. The van der Waals surface area contributed by atoms with E-state index in [1.807, 2.05) is 6.92 Å². The molecule has 1 aromatic carbocycles. The van der Waals surface area contributed by atoms with Crippen LogP contribution >= 0.6 is 24.8 Å². The molecule has 0 saturated carbocycles. The fourth-order valence-electron chi connectivity index (χ4n) is 3.35. The fourth-order valence-corrected chi connectivity index (χ4v) is 3.35. The number of hydrogen-bond donors (Lipinski definition) is 2. The second-order valence-electron chi connectivity index (χ2n) is 6.81. The van der Waals surface area contributed by atoms with E-state index in [2.05, 4.69) is 54.4 Å². The van der Waals surface area contributed by atoms with E-state index in [4.69, 9.17) is 5.73 Å². The van der Waals surface area contributed by atoms with Crippen LogP contribution in [0.15, 0.2) is 30.3 Å². The van der Waals surface area contributed by atoms with Crippen molar-refractivity contribution in [2.24, 2.45) is 23.5 Å². The molecule has 1 amide bonds. The molecule has 0 spiro atoms. The third kappa shape index (κ3) is 6.25. The van der Waals surface area contributed by atoms with Crippen molar-refractivity contribution in [1.29, 1.82) is 0 Å². The molecule has 0 aromatic heterocycles. The lowest BCUT2D eigenvalue weighted by atomic mass is 9.85. The van der Waals surface area contributed by atoms with E-state index in [0.717, 1.165) is 19.6 Å². The van der Waals surface area contributed by atoms with Gasteiger partial charge < -0.3 is 11.1 Å². The first-order valence-electron chi connectivity index (χ1n) is 8.28. The maximum atomic E-state index is 12.1. The zero-order valence-corrected chi connectivity index (χ0v) is 16.4. The Morgan fingerprint density at radius 1 is 1.21 bits per heavy atom. The molecular formula is C18H31Cl2N3O. The van der Waals surface area contributed by atoms with Gasteiger partial charge in [0.05, 0.1) is 0 Å². The van der Waals surface area contributed by atoms with Gasteiger partial charge in [-0.25, -0.2) is 0 Å². The monoisotopic (exact) mass is 375 g/mol. The largest absolute Gasteiger partial charge is 0.352 e. The van der Waals surface area contributed by atoms with Gasteiger partial charge >= 0.3 is 0 Å². The number of nitrogens with zero attached hydrogens (tertiary/aromatic N) is 1. The molecule has 1 aromatic rings. The summed E-state index contributed by atoms with van der Waals surface area (Å²) in [4.78, 5) is 14.6. The Kier molecular flexibility index (Phi) is 10.6. The summed E-state index contributed by atoms with van der Waals surface area (Å²) in [6.07, 6.45) is 0. The topological polar surface area (TPSA) is 58.4 Å². The van der Waals surface area contributed by atoms with E-state index in [1.165, 1.54) is 5.56 Å². The highest BCUT2D eigenvalue weighted by Gasteiger charge is 2.33. The zero-order chi connectivity index (χ0) is 16.1. The summed E-state index contributed by atoms with van der Waals surface area (Å²) < 4.78 is 0. The number of hydrogen-bond acceptors (Lipinski definition) is 3. The molecule has 0 aliphatic carbocycles. The predicted octanol–water partition coefficient (Wildman–Crippen LogP) is 2.70. The minimum Gasteiger partial charge on any atom is -0.352 e. The normalized spacial score (nSPS) is 25.1. The quantitative estimate of drug-likeness (QED) is 0.831. The summed E-state index contributed by atoms with van der Waals surface area (Å²) in [5.41, 5.74) is 6.93. The summed E-state index contributed by atoms with van der Waals surface area (Å²) in [5.74, 6) is 0.868. The highest BCUT2D eigenvalue weighted by atomic mass is 35.5. The summed E-state index contributed by atoms with van der Waals surface area (Å²) >= 11 is 0. The lowest BCUT2D eigenvalue weighted by molar-refractivity contribution is -0.126. The second-order valence-corrected chi connectivity index (χ2v) is 6.81. The van der Waals surface area contributed by atoms with Gasteiger partial charge in [0.25, 0.3) is 0 Å². The molecule has 0 radical (unpaired) electrons. The van der Waals surface area contributed by atoms with E-state index in [9.17, 15) is 4.79 Å². The average Bonchev–Trinajstić information content (AvgIpc) is 2.51. The van der Waals surface area contributed by atoms with Gasteiger partial charge in [-0.05, 0) is 17.4 Å². The van der Waals surface area contributed by atoms with Crippen LogP contribution in [-0.2, 0) is 11.3 Å². The van der Waals surface area contributed by atoms with Crippen molar-refractivity contribution in [3.8, 4) is 0 Å². The highest BCUT2D eigenvalue weighted by Crippen LogP contribution is 2.23. The van der Waals surface area contributed by atoms with Crippen molar-refractivity contribution < 1.29 is 4.79 Å². The van der Waals surface area contributed by atoms with E-state index in [0.29, 0.717) is 18.4 Å². The van der Waals surface area contributed by atoms with Gasteiger partial charge in [-0.1, -0.05) is 51.1 Å². The summed E-state index contributed by atoms with van der Waals surface area (Å²) in [6, 6.07) is 10.8. The van der Waals surface area contributed by atoms with Crippen molar-refractivity contribution in [1.82, 2.24) is 10.2 Å². The molecule has 3 N–H and O–H groups in total. The van der Waals surface area contributed by atoms with Crippen molar-refractivity contribution in [3.05, 3.63) is 35.9 Å². The molecule has 24 heavy (non-hydrogen) atoms. The van der Waals surface area contributed by atoms with Crippen LogP contribution in [0.2, 0.25) is 0 Å². The van der Waals surface area contributed by atoms with E-state index < -0.39 is 0 Å². The molecule has 1 fully saturated rings. The summed E-state index contributed by atoms with van der Waals surface area (Å²) in [6.45, 7) is 9.76. The molecule has 3 unspecified atom stereocenters. The van der Waals surface area contributed by atoms with E-state index in [-0.39, 0.29) is 42.7 Å². The van der Waals surface area contributed by atoms with Gasteiger partial charge in [0.2, 0.25) is 5.91 Å². The molecule has 1 heterocycles. The third-order valence-corrected chi connectivity index (χ3v) is 4.68. The molecule has 4 nitrogen and oxygen atoms in total. The number of benzene rings is 1. The van der Waals surface area contributed by atoms with Crippen LogP contribution in [0.1, 0.15) is 26.3 Å². The maximum absolute atomic E-state index is 12.1. The van der Waals surface area contributed by atoms with Crippen molar-refractivity contribution >= 4 is 30.7 Å². The van der Waals surface area contributed by atoms with Crippen LogP contribution < -0.4 is 11.1 Å². The number of rotatable bonds is 5. The first-order chi connectivity index (χ1) is 10.5. The van der Waals surface area contributed by atoms with Crippen molar-refractivity contribution in [3.63, 3.8) is 0 Å². The van der Waals surface area contributed by atoms with Crippen LogP contribution in [0, 0.1) is 17.8 Å². The van der Waals surface area contributed by atoms with Crippen LogP contribution in [0.25, 0.3) is 0 Å². The smallest absolute Gasteiger partial charge is 0.224 e. The van der Waals surface area contributed by atoms with Crippen LogP contribution in [0.3, 0.4) is 0 Å². The molecule has 1 aliphatic heterocycles. The number of nitrogens with two attached hydrogens (primary N) is 1. The standard InChI is InChI=1S/C18H29N3O.2ClH/c1-13(9-19)18(22)20-17-14(2)10-21(11-15(17)3)12-16-7-5-4-6-8-16;;/h4-8,13-15,17H,9-12,19H2,1-3H3,(H,20,22);2*1H. The molecule has 6 heteroatoms. The fraction of sp³-hybridized carbons (Fsp3) is 0.611. The Balaban J connectivity index is 0.00000264. The number of carbonyl (C=O) groups is 1. The van der Waals surface area contributed by atoms with Crippen molar-refractivity contribution in [2.75, 3.05) is 19.6 Å². The molecular weight excluding hydrogens is 345 g/mol. The van der Waals surface area contributed by atoms with Gasteiger partial charge in [-0.3, -0.25) is 9.69 Å². The van der Waals surface area contributed by atoms with Gasteiger partial charge in [0.15, 0.2) is 0 Å². The molecule has 3 atom stereocenters. The number of halogens is 2. The molecule has 138 valence electrons. The molecule has 0 bridgehead atoms. The van der Waals surface area contributed by atoms with Crippen LogP contribution in [-0.4, -0.2) is 36.5 Å². The Morgan fingerprint density at radius 2 is 1.75 bits per heavy atom. The zero-order valence-electron chi connectivity index (χ0n) is 14.8. The van der Waals surface area contributed by atoms with Crippen molar-refractivity contribution in [2.45, 2.75) is 33.4 Å². The molecule has 1 aliphatic rings. The number of nitrogens with one attached hydrogen (secondary N) is 1. The predicted molar refractivity (Wildman–Crippen MR) is 105 cm³/mol. The maximum Gasteiger partial charge on any atom is 0.224 e. The number of piperidine rings is 1. The van der Waals surface area contributed by atoms with Crippen LogP contribution in [0.5, 0.6) is 0 Å². The van der Waals surface area contributed by atoms with Crippen LogP contribution in [0.4, 0.5) is 0 Å². The van der Waals surface area contributed by atoms with Gasteiger partial charge in [0.1, 0.15) is 0 Å². The Morgan fingerprint density at radius 3 is 2.25 bits per heavy atom. The Labute approximate surface area is 158 Å². The van der Waals surface area contributed by atoms with Gasteiger partial charge in [0, 0.05) is 38.1 Å². The summed E-state index contributed by atoms with van der Waals surface area (Å²) in [5, 5.41) is 3.21. The molecule has 2 rings (SSSR count). The number of likely N-dealkylation sites (tertiary alicyclic amines) is 1. The minimum absolute atomic E-state index is 0. The van der Waals surface area contributed by atoms with E-state index in [1.54, 1.807) is 0 Å². The average molecular weight is 376 g/mol. The Hall–Kier alpha value is -0.810. The Bertz CT molecular complexity index is 474. The van der Waals surface area contributed by atoms with E-state index >= 15 is 0 Å². The first-order valence-corrected chi connectivity index (χ1v) is 8.28. The SMILES string of the molecule is CC(CN)C(=O)NC1C(C)CN(Cc2ccccc2)CC1C.Cl.Cl. The first kappa shape index (κ1) is 23.2.